The van der Waals surface area contributed by atoms with E-state index in [9.17, 15) is 5.11 Å². The summed E-state index contributed by atoms with van der Waals surface area (Å²) in [5.41, 5.74) is 0.977. The van der Waals surface area contributed by atoms with E-state index in [0.717, 1.165) is 0 Å². The van der Waals surface area contributed by atoms with Crippen molar-refractivity contribution in [3.8, 4) is 17.2 Å². The van der Waals surface area contributed by atoms with Crippen molar-refractivity contribution < 1.29 is 14.6 Å². The number of hydrogen-bond donors (Lipinski definition) is 1. The Hall–Kier alpha value is -1.91. The zero-order valence-electron chi connectivity index (χ0n) is 11.4. The molecule has 2 aromatic rings. The first-order valence-electron chi connectivity index (χ1n) is 5.99. The molecular formula is C15H13Cl2NO3. The summed E-state index contributed by atoms with van der Waals surface area (Å²) in [6.45, 7) is 0. The zero-order chi connectivity index (χ0) is 15.4. The van der Waals surface area contributed by atoms with Gasteiger partial charge in [0, 0.05) is 22.9 Å². The lowest BCUT2D eigenvalue weighted by molar-refractivity contribution is 0.404. The number of methoxy groups -OCH3 is 2. The molecule has 0 fully saturated rings. The smallest absolute Gasteiger partial charge is 0.144 e. The number of benzene rings is 2. The Morgan fingerprint density at radius 1 is 1.10 bits per heavy atom. The molecule has 0 radical (unpaired) electrons. The summed E-state index contributed by atoms with van der Waals surface area (Å²) in [7, 11) is 3.12. The third-order valence-electron chi connectivity index (χ3n) is 2.79. The van der Waals surface area contributed by atoms with Crippen LogP contribution in [-0.2, 0) is 0 Å². The number of rotatable bonds is 4. The lowest BCUT2D eigenvalue weighted by atomic mass is 10.2. The molecule has 0 heterocycles. The number of phenols is 1. The number of nitrogens with zero attached hydrogens (tertiary/aromatic N) is 1. The van der Waals surface area contributed by atoms with E-state index in [0.29, 0.717) is 27.8 Å². The second-order valence-electron chi connectivity index (χ2n) is 4.12. The first-order valence-corrected chi connectivity index (χ1v) is 6.75. The van der Waals surface area contributed by atoms with Crippen molar-refractivity contribution in [2.75, 3.05) is 14.2 Å². The summed E-state index contributed by atoms with van der Waals surface area (Å²) in [6.07, 6.45) is 1.46. The summed E-state index contributed by atoms with van der Waals surface area (Å²) >= 11 is 11.8. The fraction of sp³-hybridized carbons (Fsp3) is 0.133. The van der Waals surface area contributed by atoms with Gasteiger partial charge < -0.3 is 14.6 Å². The van der Waals surface area contributed by atoms with E-state index in [1.807, 2.05) is 0 Å². The molecule has 0 saturated heterocycles. The van der Waals surface area contributed by atoms with Gasteiger partial charge in [0.2, 0.25) is 0 Å². The maximum atomic E-state index is 9.89. The molecular weight excluding hydrogens is 313 g/mol. The Bertz CT molecular complexity index is 687. The largest absolute Gasteiger partial charge is 0.506 e. The van der Waals surface area contributed by atoms with Crippen LogP contribution >= 0.6 is 23.2 Å². The van der Waals surface area contributed by atoms with Crippen molar-refractivity contribution in [2.24, 2.45) is 4.99 Å². The monoisotopic (exact) mass is 325 g/mol. The summed E-state index contributed by atoms with van der Waals surface area (Å²) in [6, 6.07) is 8.27. The summed E-state index contributed by atoms with van der Waals surface area (Å²) in [5.74, 6) is 1.16. The molecule has 2 aromatic carbocycles. The molecule has 110 valence electrons. The lowest BCUT2D eigenvalue weighted by Crippen LogP contribution is -1.88. The van der Waals surface area contributed by atoms with Crippen LogP contribution in [0.25, 0.3) is 0 Å². The van der Waals surface area contributed by atoms with E-state index in [4.69, 9.17) is 32.7 Å². The normalized spacial score (nSPS) is 10.9. The number of aromatic hydroxyl groups is 1. The number of halogens is 2. The van der Waals surface area contributed by atoms with Crippen LogP contribution in [0.4, 0.5) is 5.69 Å². The maximum absolute atomic E-state index is 9.89. The van der Waals surface area contributed by atoms with Gasteiger partial charge in [-0.1, -0.05) is 23.2 Å². The Morgan fingerprint density at radius 3 is 2.52 bits per heavy atom. The van der Waals surface area contributed by atoms with Gasteiger partial charge in [0.1, 0.15) is 22.9 Å². The van der Waals surface area contributed by atoms with Crippen molar-refractivity contribution in [1.29, 1.82) is 0 Å². The first kappa shape index (κ1) is 15.5. The molecule has 0 atom stereocenters. The van der Waals surface area contributed by atoms with Crippen molar-refractivity contribution in [2.45, 2.75) is 0 Å². The van der Waals surface area contributed by atoms with Crippen molar-refractivity contribution in [1.82, 2.24) is 0 Å². The van der Waals surface area contributed by atoms with Gasteiger partial charge in [0.15, 0.2) is 0 Å². The van der Waals surface area contributed by atoms with Crippen LogP contribution in [0.15, 0.2) is 35.3 Å². The van der Waals surface area contributed by atoms with Crippen LogP contribution < -0.4 is 9.47 Å². The number of aliphatic imine (C=N–C) groups is 1. The Balaban J connectivity index is 2.41. The zero-order valence-corrected chi connectivity index (χ0v) is 12.9. The summed E-state index contributed by atoms with van der Waals surface area (Å²) < 4.78 is 10.4. The van der Waals surface area contributed by atoms with Gasteiger partial charge in [-0.3, -0.25) is 4.99 Å². The molecule has 21 heavy (non-hydrogen) atoms. The minimum atomic E-state index is -0.0771. The van der Waals surface area contributed by atoms with Crippen LogP contribution in [0.3, 0.4) is 0 Å². The molecule has 0 aliphatic carbocycles. The molecule has 0 aliphatic heterocycles. The molecule has 2 rings (SSSR count). The highest BCUT2D eigenvalue weighted by molar-refractivity contribution is 6.36. The average Bonchev–Trinajstić information content (AvgIpc) is 2.49. The van der Waals surface area contributed by atoms with Crippen LogP contribution in [0.5, 0.6) is 17.2 Å². The fourth-order valence-corrected chi connectivity index (χ4v) is 2.23. The van der Waals surface area contributed by atoms with Crippen molar-refractivity contribution in [3.63, 3.8) is 0 Å². The van der Waals surface area contributed by atoms with E-state index in [2.05, 4.69) is 4.99 Å². The van der Waals surface area contributed by atoms with E-state index in [1.54, 1.807) is 38.5 Å². The third-order valence-corrected chi connectivity index (χ3v) is 3.29. The van der Waals surface area contributed by atoms with E-state index in [1.165, 1.54) is 12.3 Å². The maximum Gasteiger partial charge on any atom is 0.144 e. The standard InChI is InChI=1S/C15H13Cl2NO3/c1-20-11-3-4-14(21-2)13(7-11)18-8-9-5-10(16)6-12(17)15(9)19/h3-8,19H,1-2H3. The Labute approximate surface area is 132 Å². The van der Waals surface area contributed by atoms with Gasteiger partial charge in [0.25, 0.3) is 0 Å². The topological polar surface area (TPSA) is 51.0 Å². The van der Waals surface area contributed by atoms with E-state index in [-0.39, 0.29) is 10.8 Å². The predicted octanol–water partition coefficient (Wildman–Crippen LogP) is 4.47. The van der Waals surface area contributed by atoms with Crippen LogP contribution in [-0.4, -0.2) is 25.5 Å². The minimum absolute atomic E-state index is 0.0771. The molecule has 0 unspecified atom stereocenters. The number of hydrogen-bond acceptors (Lipinski definition) is 4. The van der Waals surface area contributed by atoms with Crippen LogP contribution in [0.2, 0.25) is 10.0 Å². The summed E-state index contributed by atoms with van der Waals surface area (Å²) in [4.78, 5) is 4.29. The summed E-state index contributed by atoms with van der Waals surface area (Å²) in [5, 5.41) is 10.5. The Morgan fingerprint density at radius 2 is 1.86 bits per heavy atom. The van der Waals surface area contributed by atoms with E-state index >= 15 is 0 Å². The van der Waals surface area contributed by atoms with Gasteiger partial charge in [-0.05, 0) is 24.3 Å². The van der Waals surface area contributed by atoms with Crippen LogP contribution in [0.1, 0.15) is 5.56 Å². The van der Waals surface area contributed by atoms with Crippen molar-refractivity contribution in [3.05, 3.63) is 45.9 Å². The molecule has 0 spiro atoms. The molecule has 4 nitrogen and oxygen atoms in total. The van der Waals surface area contributed by atoms with Crippen LogP contribution in [0, 0.1) is 0 Å². The molecule has 0 amide bonds. The lowest BCUT2D eigenvalue weighted by Gasteiger charge is -2.07. The molecule has 6 heteroatoms. The second-order valence-corrected chi connectivity index (χ2v) is 4.97. The SMILES string of the molecule is COc1ccc(OC)c(N=Cc2cc(Cl)cc(Cl)c2O)c1. The van der Waals surface area contributed by atoms with Gasteiger partial charge in [-0.2, -0.15) is 0 Å². The molecule has 0 bridgehead atoms. The second kappa shape index (κ2) is 6.70. The molecule has 0 aromatic heterocycles. The average molecular weight is 326 g/mol. The molecule has 1 N–H and O–H groups in total. The number of phenolic OH excluding ortho intramolecular Hbond substituents is 1. The number of ether oxygens (including phenoxy) is 2. The minimum Gasteiger partial charge on any atom is -0.506 e. The van der Waals surface area contributed by atoms with Gasteiger partial charge in [-0.15, -0.1) is 0 Å². The van der Waals surface area contributed by atoms with Gasteiger partial charge in [-0.25, -0.2) is 0 Å². The van der Waals surface area contributed by atoms with Gasteiger partial charge in [0.05, 0.1) is 19.2 Å². The van der Waals surface area contributed by atoms with Gasteiger partial charge >= 0.3 is 0 Å². The van der Waals surface area contributed by atoms with Crippen molar-refractivity contribution >= 4 is 35.1 Å². The molecule has 0 saturated carbocycles. The fourth-order valence-electron chi connectivity index (χ4n) is 1.72. The van der Waals surface area contributed by atoms with E-state index < -0.39 is 0 Å². The predicted molar refractivity (Wildman–Crippen MR) is 84.9 cm³/mol. The third kappa shape index (κ3) is 3.60. The Kier molecular flexibility index (Phi) is 4.94. The first-order chi connectivity index (χ1) is 10.0. The highest BCUT2D eigenvalue weighted by atomic mass is 35.5. The molecule has 0 aliphatic rings. The highest BCUT2D eigenvalue weighted by Gasteiger charge is 2.07. The quantitative estimate of drug-likeness (QED) is 0.844. The highest BCUT2D eigenvalue weighted by Crippen LogP contribution is 2.33.